The van der Waals surface area contributed by atoms with Gasteiger partial charge in [-0.3, -0.25) is 4.79 Å². The summed E-state index contributed by atoms with van der Waals surface area (Å²) >= 11 is 1.28. The molecular formula is C13H17N3O2S. The minimum atomic E-state index is 0.0209. The van der Waals surface area contributed by atoms with E-state index in [2.05, 4.69) is 10.2 Å². The molecule has 3 atom stereocenters. The first-order valence-corrected chi connectivity index (χ1v) is 7.53. The van der Waals surface area contributed by atoms with Crippen molar-refractivity contribution in [2.24, 2.45) is 5.92 Å². The fourth-order valence-corrected chi connectivity index (χ4v) is 3.59. The topological polar surface area (TPSA) is 59.3 Å². The quantitative estimate of drug-likeness (QED) is 0.487. The van der Waals surface area contributed by atoms with Gasteiger partial charge in [-0.15, -0.1) is 0 Å². The first kappa shape index (κ1) is 12.7. The van der Waals surface area contributed by atoms with E-state index < -0.39 is 0 Å². The summed E-state index contributed by atoms with van der Waals surface area (Å²) < 4.78 is 0.793. The molecule has 0 spiro atoms. The summed E-state index contributed by atoms with van der Waals surface area (Å²) in [5, 5.41) is 15.1. The van der Waals surface area contributed by atoms with Gasteiger partial charge in [-0.25, -0.2) is 0 Å². The van der Waals surface area contributed by atoms with E-state index in [4.69, 9.17) is 0 Å². The third-order valence-corrected chi connectivity index (χ3v) is 4.84. The smallest absolute Gasteiger partial charge is 0.251 e. The van der Waals surface area contributed by atoms with E-state index in [-0.39, 0.29) is 5.91 Å². The summed E-state index contributed by atoms with van der Waals surface area (Å²) in [6.07, 6.45) is 2.64. The summed E-state index contributed by atoms with van der Waals surface area (Å²) in [6, 6.07) is 5.52. The highest BCUT2D eigenvalue weighted by Gasteiger charge is 2.38. The van der Waals surface area contributed by atoms with Crippen LogP contribution < -0.4 is 10.0 Å². The van der Waals surface area contributed by atoms with Crippen molar-refractivity contribution in [2.75, 3.05) is 25.4 Å². The molecule has 2 fully saturated rings. The normalized spacial score (nSPS) is 28.5. The Kier molecular flexibility index (Phi) is 3.61. The SMILES string of the molecule is O=C(CSc1cccc[n+]1[O-])NC1CN2CCC1C2. The van der Waals surface area contributed by atoms with E-state index in [0.717, 1.165) is 17.8 Å². The second kappa shape index (κ2) is 5.38. The Bertz CT molecular complexity index is 483. The molecule has 6 heteroatoms. The van der Waals surface area contributed by atoms with Crippen LogP contribution >= 0.6 is 11.8 Å². The van der Waals surface area contributed by atoms with Crippen LogP contribution in [-0.2, 0) is 4.79 Å². The molecule has 5 nitrogen and oxygen atoms in total. The molecule has 2 saturated heterocycles. The number of amides is 1. The van der Waals surface area contributed by atoms with E-state index in [0.29, 0.717) is 22.7 Å². The summed E-state index contributed by atoms with van der Waals surface area (Å²) in [5.41, 5.74) is 0. The van der Waals surface area contributed by atoms with Crippen molar-refractivity contribution in [3.8, 4) is 0 Å². The van der Waals surface area contributed by atoms with Crippen LogP contribution in [0.25, 0.3) is 0 Å². The Morgan fingerprint density at radius 1 is 1.53 bits per heavy atom. The zero-order valence-electron chi connectivity index (χ0n) is 10.6. The van der Waals surface area contributed by atoms with Crippen LogP contribution in [0.5, 0.6) is 0 Å². The molecule has 3 rings (SSSR count). The zero-order valence-corrected chi connectivity index (χ0v) is 11.4. The van der Waals surface area contributed by atoms with Gasteiger partial charge in [0.05, 0.1) is 5.75 Å². The molecule has 1 aromatic heterocycles. The minimum absolute atomic E-state index is 0.0209. The highest BCUT2D eigenvalue weighted by molar-refractivity contribution is 7.99. The van der Waals surface area contributed by atoms with E-state index in [1.54, 1.807) is 18.2 Å². The molecule has 0 saturated carbocycles. The first-order valence-electron chi connectivity index (χ1n) is 6.55. The lowest BCUT2D eigenvalue weighted by Gasteiger charge is -2.22. The van der Waals surface area contributed by atoms with Gasteiger partial charge in [0.25, 0.3) is 5.03 Å². The number of hydrogen-bond acceptors (Lipinski definition) is 4. The van der Waals surface area contributed by atoms with Gasteiger partial charge in [0.1, 0.15) is 0 Å². The Balaban J connectivity index is 1.48. The number of aromatic nitrogens is 1. The van der Waals surface area contributed by atoms with Gasteiger partial charge in [-0.2, -0.15) is 4.73 Å². The van der Waals surface area contributed by atoms with Gasteiger partial charge >= 0.3 is 0 Å². The van der Waals surface area contributed by atoms with Crippen molar-refractivity contribution in [3.05, 3.63) is 29.6 Å². The maximum Gasteiger partial charge on any atom is 0.251 e. The molecule has 2 aliphatic heterocycles. The summed E-state index contributed by atoms with van der Waals surface area (Å²) in [7, 11) is 0. The van der Waals surface area contributed by atoms with Crippen molar-refractivity contribution < 1.29 is 9.52 Å². The van der Waals surface area contributed by atoms with Crippen LogP contribution in [0, 0.1) is 11.1 Å². The summed E-state index contributed by atoms with van der Waals surface area (Å²) in [4.78, 5) is 14.3. The highest BCUT2D eigenvalue weighted by atomic mass is 32.2. The number of carbonyl (C=O) groups is 1. The fourth-order valence-electron chi connectivity index (χ4n) is 2.86. The Morgan fingerprint density at radius 2 is 2.42 bits per heavy atom. The van der Waals surface area contributed by atoms with E-state index in [9.17, 15) is 10.0 Å². The number of carbonyl (C=O) groups excluding carboxylic acids is 1. The van der Waals surface area contributed by atoms with Gasteiger partial charge in [-0.1, -0.05) is 0 Å². The molecule has 0 aliphatic carbocycles. The van der Waals surface area contributed by atoms with Gasteiger partial charge in [0, 0.05) is 31.3 Å². The lowest BCUT2D eigenvalue weighted by Crippen LogP contribution is -2.44. The van der Waals surface area contributed by atoms with Crippen molar-refractivity contribution >= 4 is 17.7 Å². The van der Waals surface area contributed by atoms with Crippen LogP contribution in [0.3, 0.4) is 0 Å². The average Bonchev–Trinajstić information content (AvgIpc) is 3.00. The monoisotopic (exact) mass is 279 g/mol. The second-order valence-electron chi connectivity index (χ2n) is 5.14. The number of pyridine rings is 1. The van der Waals surface area contributed by atoms with Crippen molar-refractivity contribution in [1.29, 1.82) is 0 Å². The molecule has 0 aromatic carbocycles. The molecule has 0 radical (unpaired) electrons. The van der Waals surface area contributed by atoms with Gasteiger partial charge in [-0.05, 0) is 36.7 Å². The van der Waals surface area contributed by atoms with Gasteiger partial charge in [0.15, 0.2) is 6.20 Å². The van der Waals surface area contributed by atoms with Gasteiger partial charge in [0.2, 0.25) is 5.91 Å². The summed E-state index contributed by atoms with van der Waals surface area (Å²) in [5.74, 6) is 0.942. The Morgan fingerprint density at radius 3 is 3.11 bits per heavy atom. The van der Waals surface area contributed by atoms with Crippen molar-refractivity contribution in [1.82, 2.24) is 10.2 Å². The number of nitrogens with zero attached hydrogens (tertiary/aromatic N) is 2. The molecule has 19 heavy (non-hydrogen) atoms. The van der Waals surface area contributed by atoms with Crippen LogP contribution in [0.4, 0.5) is 0 Å². The Hall–Kier alpha value is -1.27. The van der Waals surface area contributed by atoms with Crippen LogP contribution in [0.2, 0.25) is 0 Å². The van der Waals surface area contributed by atoms with Crippen LogP contribution in [0.1, 0.15) is 6.42 Å². The van der Waals surface area contributed by atoms with Crippen molar-refractivity contribution in [3.63, 3.8) is 0 Å². The number of fused-ring (bicyclic) bond motifs is 2. The maximum absolute atomic E-state index is 11.9. The lowest BCUT2D eigenvalue weighted by atomic mass is 10.0. The van der Waals surface area contributed by atoms with E-state index in [1.165, 1.54) is 30.9 Å². The molecule has 102 valence electrons. The number of nitrogens with one attached hydrogen (secondary N) is 1. The number of hydrogen-bond donors (Lipinski definition) is 1. The number of rotatable bonds is 4. The average molecular weight is 279 g/mol. The lowest BCUT2D eigenvalue weighted by molar-refractivity contribution is -0.645. The number of thioether (sulfide) groups is 1. The molecule has 1 aromatic rings. The predicted octanol–water partition coefficient (Wildman–Crippen LogP) is 0.232. The molecule has 1 amide bonds. The zero-order chi connectivity index (χ0) is 13.2. The van der Waals surface area contributed by atoms with Crippen LogP contribution in [-0.4, -0.2) is 42.2 Å². The second-order valence-corrected chi connectivity index (χ2v) is 6.13. The third-order valence-electron chi connectivity index (χ3n) is 3.82. The standard InChI is InChI=1S/C13H17N3O2S/c17-12(9-19-13-3-1-2-5-16(13)18)14-11-8-15-6-4-10(11)7-15/h1-3,5,10-11H,4,6-9H2,(H,14,17). The molecular weight excluding hydrogens is 262 g/mol. The third kappa shape index (κ3) is 2.84. The molecule has 2 aliphatic rings. The van der Waals surface area contributed by atoms with Gasteiger partial charge < -0.3 is 15.4 Å². The highest BCUT2D eigenvalue weighted by Crippen LogP contribution is 2.27. The predicted molar refractivity (Wildman–Crippen MR) is 72.6 cm³/mol. The molecule has 3 unspecified atom stereocenters. The van der Waals surface area contributed by atoms with E-state index >= 15 is 0 Å². The summed E-state index contributed by atoms with van der Waals surface area (Å²) in [6.45, 7) is 3.28. The fraction of sp³-hybridized carbons (Fsp3) is 0.538. The molecule has 3 heterocycles. The van der Waals surface area contributed by atoms with Crippen LogP contribution in [0.15, 0.2) is 29.4 Å². The largest absolute Gasteiger partial charge is 0.618 e. The van der Waals surface area contributed by atoms with E-state index in [1.807, 2.05) is 0 Å². The minimum Gasteiger partial charge on any atom is -0.618 e. The maximum atomic E-state index is 11.9. The first-order chi connectivity index (χ1) is 9.22. The number of piperidine rings is 1. The molecule has 1 N–H and O–H groups in total. The van der Waals surface area contributed by atoms with Crippen molar-refractivity contribution in [2.45, 2.75) is 17.5 Å². The molecule has 2 bridgehead atoms. The Labute approximate surface area is 116 Å².